The molecule has 4 nitrogen and oxygen atoms in total. The molecular formula is C14H12ClN3O. The first-order chi connectivity index (χ1) is 9.22. The van der Waals surface area contributed by atoms with Crippen molar-refractivity contribution in [2.45, 2.75) is 18.3 Å². The summed E-state index contributed by atoms with van der Waals surface area (Å²) in [5.74, 6) is 0.248. The van der Waals surface area contributed by atoms with E-state index in [-0.39, 0.29) is 11.1 Å². The number of nitrogens with one attached hydrogen (secondary N) is 1. The lowest BCUT2D eigenvalue weighted by Gasteiger charge is -2.15. The fourth-order valence-corrected chi connectivity index (χ4v) is 2.31. The molecule has 0 spiro atoms. The number of carbonyl (C=O) groups excluding carboxylic acids is 1. The quantitative estimate of drug-likeness (QED) is 0.936. The third-order valence-corrected chi connectivity index (χ3v) is 3.67. The summed E-state index contributed by atoms with van der Waals surface area (Å²) in [4.78, 5) is 20.3. The highest BCUT2D eigenvalue weighted by atomic mass is 35.5. The molecule has 5 heteroatoms. The van der Waals surface area contributed by atoms with Gasteiger partial charge in [-0.1, -0.05) is 41.9 Å². The van der Waals surface area contributed by atoms with Gasteiger partial charge >= 0.3 is 0 Å². The van der Waals surface area contributed by atoms with E-state index in [4.69, 9.17) is 11.6 Å². The molecule has 96 valence electrons. The zero-order valence-corrected chi connectivity index (χ0v) is 10.9. The van der Waals surface area contributed by atoms with E-state index in [1.54, 1.807) is 0 Å². The van der Waals surface area contributed by atoms with E-state index in [9.17, 15) is 4.79 Å². The lowest BCUT2D eigenvalue weighted by molar-refractivity contribution is -0.118. The fourth-order valence-electron chi connectivity index (χ4n) is 2.16. The minimum Gasteiger partial charge on any atom is -0.307 e. The molecule has 1 amide bonds. The number of benzene rings is 1. The molecule has 0 aliphatic heterocycles. The molecule has 1 aromatic carbocycles. The van der Waals surface area contributed by atoms with E-state index in [0.29, 0.717) is 5.82 Å². The second-order valence-electron chi connectivity index (χ2n) is 4.60. The number of aromatic nitrogens is 2. The number of nitrogens with zero attached hydrogens (tertiary/aromatic N) is 2. The van der Waals surface area contributed by atoms with Crippen molar-refractivity contribution in [1.29, 1.82) is 0 Å². The molecule has 1 aliphatic rings. The topological polar surface area (TPSA) is 54.9 Å². The third-order valence-electron chi connectivity index (χ3n) is 3.40. The standard InChI is InChI=1S/C14H12ClN3O/c15-11-12(17-9-8-16-11)18-13(19)14(6-7-14)10-4-2-1-3-5-10/h1-5,8-9H,6-7H2,(H,17,18,19). The van der Waals surface area contributed by atoms with Crippen LogP contribution in [0, 0.1) is 0 Å². The van der Waals surface area contributed by atoms with Crippen LogP contribution in [0.1, 0.15) is 18.4 Å². The molecule has 19 heavy (non-hydrogen) atoms. The van der Waals surface area contributed by atoms with Gasteiger partial charge in [0.15, 0.2) is 11.0 Å². The molecular weight excluding hydrogens is 262 g/mol. The molecule has 0 radical (unpaired) electrons. The van der Waals surface area contributed by atoms with Gasteiger partial charge in [0.2, 0.25) is 5.91 Å². The summed E-state index contributed by atoms with van der Waals surface area (Å²) in [6, 6.07) is 9.78. The Balaban J connectivity index is 1.84. The number of amides is 1. The van der Waals surface area contributed by atoms with Crippen molar-refractivity contribution in [2.24, 2.45) is 0 Å². The fraction of sp³-hybridized carbons (Fsp3) is 0.214. The van der Waals surface area contributed by atoms with Crippen molar-refractivity contribution in [1.82, 2.24) is 9.97 Å². The van der Waals surface area contributed by atoms with Crippen molar-refractivity contribution >= 4 is 23.3 Å². The predicted molar refractivity (Wildman–Crippen MR) is 73.0 cm³/mol. The van der Waals surface area contributed by atoms with Crippen LogP contribution in [0.2, 0.25) is 5.15 Å². The number of carbonyl (C=O) groups is 1. The lowest BCUT2D eigenvalue weighted by Crippen LogP contribution is -2.28. The number of rotatable bonds is 3. The molecule has 1 N–H and O–H groups in total. The summed E-state index contributed by atoms with van der Waals surface area (Å²) in [6.07, 6.45) is 4.69. The lowest BCUT2D eigenvalue weighted by atomic mass is 9.95. The zero-order valence-electron chi connectivity index (χ0n) is 10.1. The average molecular weight is 274 g/mol. The van der Waals surface area contributed by atoms with Gasteiger partial charge in [-0.25, -0.2) is 9.97 Å². The van der Waals surface area contributed by atoms with Gasteiger partial charge in [-0.3, -0.25) is 4.79 Å². The third kappa shape index (κ3) is 2.19. The van der Waals surface area contributed by atoms with Crippen molar-refractivity contribution < 1.29 is 4.79 Å². The van der Waals surface area contributed by atoms with E-state index < -0.39 is 5.41 Å². The molecule has 1 heterocycles. The second-order valence-corrected chi connectivity index (χ2v) is 4.96. The first-order valence-corrected chi connectivity index (χ1v) is 6.44. The molecule has 0 bridgehead atoms. The number of halogens is 1. The summed E-state index contributed by atoms with van der Waals surface area (Å²) in [6.45, 7) is 0. The van der Waals surface area contributed by atoms with Crippen LogP contribution < -0.4 is 5.32 Å². The van der Waals surface area contributed by atoms with Crippen LogP contribution in [0.25, 0.3) is 0 Å². The van der Waals surface area contributed by atoms with Gasteiger partial charge in [0.1, 0.15) is 0 Å². The number of hydrogen-bond acceptors (Lipinski definition) is 3. The zero-order chi connectivity index (χ0) is 13.3. The molecule has 0 unspecified atom stereocenters. The van der Waals surface area contributed by atoms with Crippen molar-refractivity contribution in [3.63, 3.8) is 0 Å². The molecule has 0 saturated heterocycles. The van der Waals surface area contributed by atoms with E-state index in [1.165, 1.54) is 12.4 Å². The van der Waals surface area contributed by atoms with Crippen LogP contribution in [-0.2, 0) is 10.2 Å². The van der Waals surface area contributed by atoms with Gasteiger partial charge in [0.05, 0.1) is 5.41 Å². The van der Waals surface area contributed by atoms with Crippen LogP contribution in [0.5, 0.6) is 0 Å². The summed E-state index contributed by atoms with van der Waals surface area (Å²) in [7, 11) is 0. The van der Waals surface area contributed by atoms with Gasteiger partial charge < -0.3 is 5.32 Å². The number of anilines is 1. The summed E-state index contributed by atoms with van der Waals surface area (Å²) >= 11 is 5.90. The molecule has 1 aromatic heterocycles. The van der Waals surface area contributed by atoms with E-state index in [2.05, 4.69) is 15.3 Å². The normalized spacial score (nSPS) is 15.8. The van der Waals surface area contributed by atoms with Gasteiger partial charge in [0, 0.05) is 12.4 Å². The Labute approximate surface area is 115 Å². The van der Waals surface area contributed by atoms with Crippen LogP contribution in [0.3, 0.4) is 0 Å². The maximum absolute atomic E-state index is 12.4. The van der Waals surface area contributed by atoms with Crippen LogP contribution in [-0.4, -0.2) is 15.9 Å². The Hall–Kier alpha value is -1.94. The van der Waals surface area contributed by atoms with Crippen molar-refractivity contribution in [3.8, 4) is 0 Å². The minimum atomic E-state index is -0.428. The van der Waals surface area contributed by atoms with Crippen LogP contribution >= 0.6 is 11.6 Å². The first-order valence-electron chi connectivity index (χ1n) is 6.06. The van der Waals surface area contributed by atoms with Gasteiger partial charge in [-0.15, -0.1) is 0 Å². The van der Waals surface area contributed by atoms with E-state index in [0.717, 1.165) is 18.4 Å². The summed E-state index contributed by atoms with van der Waals surface area (Å²) in [5, 5.41) is 2.98. The second kappa shape index (κ2) is 4.63. The Morgan fingerprint density at radius 3 is 2.47 bits per heavy atom. The van der Waals surface area contributed by atoms with Crippen molar-refractivity contribution in [3.05, 3.63) is 53.4 Å². The molecule has 3 rings (SSSR count). The van der Waals surface area contributed by atoms with Crippen LogP contribution in [0.15, 0.2) is 42.7 Å². The summed E-state index contributed by atoms with van der Waals surface area (Å²) < 4.78 is 0. The maximum Gasteiger partial charge on any atom is 0.236 e. The van der Waals surface area contributed by atoms with Crippen molar-refractivity contribution in [2.75, 3.05) is 5.32 Å². The van der Waals surface area contributed by atoms with Crippen LogP contribution in [0.4, 0.5) is 5.82 Å². The number of hydrogen-bond donors (Lipinski definition) is 1. The molecule has 0 atom stereocenters. The highest BCUT2D eigenvalue weighted by molar-refractivity contribution is 6.32. The van der Waals surface area contributed by atoms with E-state index in [1.807, 2.05) is 30.3 Å². The molecule has 1 saturated carbocycles. The Morgan fingerprint density at radius 1 is 1.16 bits per heavy atom. The molecule has 1 aliphatic carbocycles. The first kappa shape index (κ1) is 12.1. The Kier molecular flexibility index (Phi) is 2.95. The van der Waals surface area contributed by atoms with E-state index >= 15 is 0 Å². The summed E-state index contributed by atoms with van der Waals surface area (Å²) in [5.41, 5.74) is 0.606. The Bertz CT molecular complexity index is 611. The smallest absolute Gasteiger partial charge is 0.236 e. The predicted octanol–water partition coefficient (Wildman–Crippen LogP) is 2.80. The monoisotopic (exact) mass is 273 g/mol. The highest BCUT2D eigenvalue weighted by Crippen LogP contribution is 2.48. The van der Waals surface area contributed by atoms with Gasteiger partial charge in [-0.05, 0) is 18.4 Å². The maximum atomic E-state index is 12.4. The average Bonchev–Trinajstić information content (AvgIpc) is 3.24. The van der Waals surface area contributed by atoms with Gasteiger partial charge in [-0.2, -0.15) is 0 Å². The largest absolute Gasteiger partial charge is 0.307 e. The van der Waals surface area contributed by atoms with Gasteiger partial charge in [0.25, 0.3) is 0 Å². The highest BCUT2D eigenvalue weighted by Gasteiger charge is 2.51. The Morgan fingerprint density at radius 2 is 1.84 bits per heavy atom. The SMILES string of the molecule is O=C(Nc1nccnc1Cl)C1(c2ccccc2)CC1. The minimum absolute atomic E-state index is 0.0684. The molecule has 2 aromatic rings. The molecule has 1 fully saturated rings.